The third-order valence-corrected chi connectivity index (χ3v) is 5.21. The van der Waals surface area contributed by atoms with E-state index in [2.05, 4.69) is 5.32 Å². The minimum Gasteiger partial charge on any atom is -0.379 e. The van der Waals surface area contributed by atoms with Crippen LogP contribution >= 0.6 is 0 Å². The van der Waals surface area contributed by atoms with Gasteiger partial charge < -0.3 is 15.0 Å². The van der Waals surface area contributed by atoms with Gasteiger partial charge in [-0.05, 0) is 32.1 Å². The first-order chi connectivity index (χ1) is 10.2. The van der Waals surface area contributed by atoms with E-state index in [-0.39, 0.29) is 29.9 Å². The van der Waals surface area contributed by atoms with Crippen LogP contribution in [0.15, 0.2) is 0 Å². The van der Waals surface area contributed by atoms with Crippen molar-refractivity contribution in [2.75, 3.05) is 13.2 Å². The molecule has 0 aromatic rings. The highest BCUT2D eigenvalue weighted by molar-refractivity contribution is 5.91. The fourth-order valence-corrected chi connectivity index (χ4v) is 4.11. The number of nitrogens with zero attached hydrogens (tertiary/aromatic N) is 1. The van der Waals surface area contributed by atoms with E-state index >= 15 is 0 Å². The number of ether oxygens (including phenoxy) is 1. The van der Waals surface area contributed by atoms with Crippen LogP contribution < -0.4 is 5.32 Å². The SMILES string of the molecule is CC1CC(=O)NC(C2CCCCC2)C(=O)N1C1CCOC1. The van der Waals surface area contributed by atoms with Gasteiger partial charge in [0.2, 0.25) is 11.8 Å². The molecule has 3 rings (SSSR count). The Hall–Kier alpha value is -1.10. The van der Waals surface area contributed by atoms with Gasteiger partial charge in [0, 0.05) is 19.1 Å². The zero-order chi connectivity index (χ0) is 14.8. The lowest BCUT2D eigenvalue weighted by Crippen LogP contribution is -2.54. The van der Waals surface area contributed by atoms with Gasteiger partial charge in [0.1, 0.15) is 6.04 Å². The summed E-state index contributed by atoms with van der Waals surface area (Å²) in [6, 6.07) is -0.201. The molecule has 1 saturated carbocycles. The number of amides is 2. The number of carbonyl (C=O) groups excluding carboxylic acids is 2. The number of rotatable bonds is 2. The molecule has 0 radical (unpaired) electrons. The first kappa shape index (κ1) is 14.8. The van der Waals surface area contributed by atoms with Crippen molar-refractivity contribution in [3.63, 3.8) is 0 Å². The van der Waals surface area contributed by atoms with E-state index in [0.717, 1.165) is 25.9 Å². The molecule has 5 nitrogen and oxygen atoms in total. The second kappa shape index (κ2) is 6.34. The van der Waals surface area contributed by atoms with Gasteiger partial charge in [-0.2, -0.15) is 0 Å². The van der Waals surface area contributed by atoms with E-state index in [1.54, 1.807) is 0 Å². The van der Waals surface area contributed by atoms with E-state index in [0.29, 0.717) is 18.9 Å². The Morgan fingerprint density at radius 2 is 1.90 bits per heavy atom. The molecule has 0 spiro atoms. The fourth-order valence-electron chi connectivity index (χ4n) is 4.11. The van der Waals surface area contributed by atoms with Crippen LogP contribution in [0.3, 0.4) is 0 Å². The predicted molar refractivity (Wildman–Crippen MR) is 78.7 cm³/mol. The van der Waals surface area contributed by atoms with Crippen molar-refractivity contribution in [2.45, 2.75) is 70.0 Å². The summed E-state index contributed by atoms with van der Waals surface area (Å²) in [4.78, 5) is 27.1. The third kappa shape index (κ3) is 3.07. The lowest BCUT2D eigenvalue weighted by Gasteiger charge is -2.36. The summed E-state index contributed by atoms with van der Waals surface area (Å²) in [6.45, 7) is 3.32. The van der Waals surface area contributed by atoms with Crippen molar-refractivity contribution in [1.29, 1.82) is 0 Å². The summed E-state index contributed by atoms with van der Waals surface area (Å²) in [5.74, 6) is 0.453. The average Bonchev–Trinajstić information content (AvgIpc) is 2.96. The molecular formula is C16H26N2O3. The molecular weight excluding hydrogens is 268 g/mol. The molecule has 2 saturated heterocycles. The lowest BCUT2D eigenvalue weighted by atomic mass is 9.83. The Morgan fingerprint density at radius 3 is 2.57 bits per heavy atom. The molecule has 3 unspecified atom stereocenters. The van der Waals surface area contributed by atoms with Crippen molar-refractivity contribution in [1.82, 2.24) is 10.2 Å². The smallest absolute Gasteiger partial charge is 0.246 e. The Kier molecular flexibility index (Phi) is 4.48. The minimum absolute atomic E-state index is 0.0211. The summed E-state index contributed by atoms with van der Waals surface area (Å²) < 4.78 is 5.46. The molecule has 1 N–H and O–H groups in total. The van der Waals surface area contributed by atoms with Crippen LogP contribution in [0.5, 0.6) is 0 Å². The Labute approximate surface area is 126 Å². The number of nitrogens with one attached hydrogen (secondary N) is 1. The van der Waals surface area contributed by atoms with Gasteiger partial charge in [-0.15, -0.1) is 0 Å². The molecule has 3 fully saturated rings. The monoisotopic (exact) mass is 294 g/mol. The van der Waals surface area contributed by atoms with Gasteiger partial charge in [-0.25, -0.2) is 0 Å². The molecule has 118 valence electrons. The van der Waals surface area contributed by atoms with Crippen LogP contribution in [0.4, 0.5) is 0 Å². The highest BCUT2D eigenvalue weighted by Crippen LogP contribution is 2.30. The number of hydrogen-bond donors (Lipinski definition) is 1. The van der Waals surface area contributed by atoms with Gasteiger partial charge in [0.05, 0.1) is 12.6 Å². The average molecular weight is 294 g/mol. The van der Waals surface area contributed by atoms with Crippen molar-refractivity contribution >= 4 is 11.8 Å². The van der Waals surface area contributed by atoms with Crippen molar-refractivity contribution < 1.29 is 14.3 Å². The standard InChI is InChI=1S/C16H26N2O3/c1-11-9-14(19)17-15(12-5-3-2-4-6-12)16(20)18(11)13-7-8-21-10-13/h11-13,15H,2-10H2,1H3,(H,17,19). The molecule has 0 bridgehead atoms. The largest absolute Gasteiger partial charge is 0.379 e. The summed E-state index contributed by atoms with van der Waals surface area (Å²) >= 11 is 0. The first-order valence-corrected chi connectivity index (χ1v) is 8.36. The molecule has 0 aromatic carbocycles. The zero-order valence-corrected chi connectivity index (χ0v) is 12.8. The Bertz CT molecular complexity index is 400. The maximum atomic E-state index is 13.0. The van der Waals surface area contributed by atoms with Gasteiger partial charge in [-0.1, -0.05) is 19.3 Å². The summed E-state index contributed by atoms with van der Waals surface area (Å²) in [5.41, 5.74) is 0. The van der Waals surface area contributed by atoms with E-state index in [1.165, 1.54) is 19.3 Å². The van der Waals surface area contributed by atoms with Crippen LogP contribution in [0.1, 0.15) is 51.9 Å². The van der Waals surface area contributed by atoms with Crippen LogP contribution in [0.2, 0.25) is 0 Å². The van der Waals surface area contributed by atoms with Crippen LogP contribution in [0, 0.1) is 5.92 Å². The molecule has 2 aliphatic heterocycles. The highest BCUT2D eigenvalue weighted by Gasteiger charge is 2.42. The second-order valence-electron chi connectivity index (χ2n) is 6.76. The maximum absolute atomic E-state index is 13.0. The number of carbonyl (C=O) groups is 2. The molecule has 0 aromatic heterocycles. The van der Waals surface area contributed by atoms with Crippen LogP contribution in [-0.4, -0.2) is 48.1 Å². The van der Waals surface area contributed by atoms with E-state index in [1.807, 2.05) is 11.8 Å². The zero-order valence-electron chi connectivity index (χ0n) is 12.8. The van der Waals surface area contributed by atoms with Gasteiger partial charge in [0.15, 0.2) is 0 Å². The molecule has 21 heavy (non-hydrogen) atoms. The molecule has 5 heteroatoms. The van der Waals surface area contributed by atoms with E-state index in [4.69, 9.17) is 4.74 Å². The molecule has 3 aliphatic rings. The van der Waals surface area contributed by atoms with Crippen molar-refractivity contribution in [2.24, 2.45) is 5.92 Å². The molecule has 1 aliphatic carbocycles. The van der Waals surface area contributed by atoms with Gasteiger partial charge in [0.25, 0.3) is 0 Å². The minimum atomic E-state index is -0.316. The lowest BCUT2D eigenvalue weighted by molar-refractivity contribution is -0.139. The molecule has 3 atom stereocenters. The highest BCUT2D eigenvalue weighted by atomic mass is 16.5. The van der Waals surface area contributed by atoms with E-state index in [9.17, 15) is 9.59 Å². The quantitative estimate of drug-likeness (QED) is 0.839. The third-order valence-electron chi connectivity index (χ3n) is 5.21. The van der Waals surface area contributed by atoms with Crippen LogP contribution in [-0.2, 0) is 14.3 Å². The Balaban J connectivity index is 1.81. The summed E-state index contributed by atoms with van der Waals surface area (Å²) in [7, 11) is 0. The normalized spacial score (nSPS) is 35.7. The van der Waals surface area contributed by atoms with Gasteiger partial charge in [-0.3, -0.25) is 9.59 Å². The molecule has 2 heterocycles. The Morgan fingerprint density at radius 1 is 1.14 bits per heavy atom. The second-order valence-corrected chi connectivity index (χ2v) is 6.76. The maximum Gasteiger partial charge on any atom is 0.246 e. The summed E-state index contributed by atoms with van der Waals surface area (Å²) in [6.07, 6.45) is 7.01. The van der Waals surface area contributed by atoms with Crippen LogP contribution in [0.25, 0.3) is 0 Å². The number of hydrogen-bond acceptors (Lipinski definition) is 3. The van der Waals surface area contributed by atoms with Crippen molar-refractivity contribution in [3.05, 3.63) is 0 Å². The summed E-state index contributed by atoms with van der Waals surface area (Å²) in [5, 5.41) is 3.01. The molecule has 2 amide bonds. The topological polar surface area (TPSA) is 58.6 Å². The van der Waals surface area contributed by atoms with E-state index < -0.39 is 0 Å². The van der Waals surface area contributed by atoms with Gasteiger partial charge >= 0.3 is 0 Å². The van der Waals surface area contributed by atoms with Crippen molar-refractivity contribution in [3.8, 4) is 0 Å². The predicted octanol–water partition coefficient (Wildman–Crippen LogP) is 1.46. The first-order valence-electron chi connectivity index (χ1n) is 8.36. The fraction of sp³-hybridized carbons (Fsp3) is 0.875.